The van der Waals surface area contributed by atoms with Crippen LogP contribution in [0.1, 0.15) is 34.1 Å². The topological polar surface area (TPSA) is 35.2 Å². The molecule has 0 heterocycles. The van der Waals surface area contributed by atoms with E-state index in [0.29, 0.717) is 0 Å². The minimum Gasteiger partial charge on any atom is -0.344 e. The lowest BCUT2D eigenvalue weighted by atomic mass is 9.91. The first kappa shape index (κ1) is 17.1. The highest BCUT2D eigenvalue weighted by Gasteiger charge is 2.31. The largest absolute Gasteiger partial charge is 0.344 e. The molecule has 0 aliphatic heterocycles. The van der Waals surface area contributed by atoms with Crippen LogP contribution in [0.4, 0.5) is 0 Å². The molecule has 2 aromatic carbocycles. The van der Waals surface area contributed by atoms with E-state index in [1.165, 1.54) is 10.6 Å². The minimum absolute atomic E-state index is 0.252. The molecular weight excluding hydrogens is 289 g/mol. The second kappa shape index (κ2) is 6.91. The Labute approximate surface area is 135 Å². The van der Waals surface area contributed by atoms with Crippen molar-refractivity contribution in [1.29, 1.82) is 0 Å². The fraction of sp³-hybridized carbons (Fsp3) is 0.368. The van der Waals surface area contributed by atoms with Gasteiger partial charge in [-0.25, -0.2) is 0 Å². The number of nitrogens with two attached hydrogens (primary N) is 1. The standard InChI is InChI=1S/C19H26NOP/c1-18(2,20)15-19(3,4)21-22(16-11-7-5-8-12-16)17-13-9-6-10-14-17/h5-14H,15,20H2,1-4H3. The highest BCUT2D eigenvalue weighted by atomic mass is 31.1. The predicted molar refractivity (Wildman–Crippen MR) is 97.1 cm³/mol. The number of hydrogen-bond acceptors (Lipinski definition) is 2. The maximum absolute atomic E-state index is 6.57. The third kappa shape index (κ3) is 5.21. The van der Waals surface area contributed by atoms with Crippen molar-refractivity contribution in [1.82, 2.24) is 0 Å². The van der Waals surface area contributed by atoms with Gasteiger partial charge in [-0.3, -0.25) is 0 Å². The van der Waals surface area contributed by atoms with Crippen molar-refractivity contribution in [3.8, 4) is 0 Å². The lowest BCUT2D eigenvalue weighted by Crippen LogP contribution is -2.41. The molecule has 0 saturated carbocycles. The quantitative estimate of drug-likeness (QED) is 0.819. The maximum atomic E-state index is 6.57. The summed E-state index contributed by atoms with van der Waals surface area (Å²) in [6.07, 6.45) is 0.804. The summed E-state index contributed by atoms with van der Waals surface area (Å²) in [4.78, 5) is 0. The number of rotatable bonds is 6. The Kier molecular flexibility index (Phi) is 5.39. The van der Waals surface area contributed by atoms with Crippen LogP contribution < -0.4 is 16.3 Å². The van der Waals surface area contributed by atoms with Gasteiger partial charge in [-0.1, -0.05) is 60.7 Å². The van der Waals surface area contributed by atoms with Crippen LogP contribution in [0.15, 0.2) is 60.7 Å². The fourth-order valence-electron chi connectivity index (χ4n) is 2.76. The maximum Gasteiger partial charge on any atom is 0.0925 e. The van der Waals surface area contributed by atoms with Crippen LogP contribution in [0.25, 0.3) is 0 Å². The summed E-state index contributed by atoms with van der Waals surface area (Å²) in [7, 11) is -0.847. The molecular formula is C19H26NOP. The van der Waals surface area contributed by atoms with E-state index < -0.39 is 8.15 Å². The zero-order chi connectivity index (χ0) is 16.2. The van der Waals surface area contributed by atoms with Crippen LogP contribution in [0.5, 0.6) is 0 Å². The molecule has 0 fully saturated rings. The van der Waals surface area contributed by atoms with Crippen molar-refractivity contribution in [3.63, 3.8) is 0 Å². The molecule has 0 saturated heterocycles. The lowest BCUT2D eigenvalue weighted by molar-refractivity contribution is 0.0966. The predicted octanol–water partition coefficient (Wildman–Crippen LogP) is 3.96. The fourth-order valence-corrected chi connectivity index (χ4v) is 4.71. The molecule has 0 unspecified atom stereocenters. The highest BCUT2D eigenvalue weighted by Crippen LogP contribution is 2.41. The summed E-state index contributed by atoms with van der Waals surface area (Å²) < 4.78 is 6.57. The van der Waals surface area contributed by atoms with Crippen molar-refractivity contribution in [3.05, 3.63) is 60.7 Å². The number of hydrogen-bond donors (Lipinski definition) is 1. The van der Waals surface area contributed by atoms with E-state index in [1.807, 2.05) is 26.0 Å². The summed E-state index contributed by atoms with van der Waals surface area (Å²) in [5.74, 6) is 0. The number of benzene rings is 2. The van der Waals surface area contributed by atoms with E-state index in [2.05, 4.69) is 62.4 Å². The second-order valence-electron chi connectivity index (χ2n) is 6.98. The Bertz CT molecular complexity index is 536. The zero-order valence-corrected chi connectivity index (χ0v) is 14.8. The monoisotopic (exact) mass is 315 g/mol. The van der Waals surface area contributed by atoms with E-state index in [4.69, 9.17) is 10.3 Å². The van der Waals surface area contributed by atoms with Gasteiger partial charge >= 0.3 is 0 Å². The average Bonchev–Trinajstić information content (AvgIpc) is 2.44. The van der Waals surface area contributed by atoms with E-state index in [-0.39, 0.29) is 11.1 Å². The van der Waals surface area contributed by atoms with Gasteiger partial charge in [-0.15, -0.1) is 0 Å². The first-order valence-electron chi connectivity index (χ1n) is 7.65. The van der Waals surface area contributed by atoms with E-state index in [0.717, 1.165) is 6.42 Å². The Balaban J connectivity index is 2.30. The van der Waals surface area contributed by atoms with Crippen molar-refractivity contribution in [2.75, 3.05) is 0 Å². The Morgan fingerprint density at radius 3 is 1.59 bits per heavy atom. The summed E-state index contributed by atoms with van der Waals surface area (Å²) in [5.41, 5.74) is 5.67. The molecule has 2 nitrogen and oxygen atoms in total. The third-order valence-electron chi connectivity index (χ3n) is 3.20. The first-order valence-corrected chi connectivity index (χ1v) is 8.91. The van der Waals surface area contributed by atoms with Gasteiger partial charge in [0.05, 0.1) is 13.7 Å². The molecule has 0 amide bonds. The van der Waals surface area contributed by atoms with Crippen LogP contribution in [-0.2, 0) is 4.52 Å². The van der Waals surface area contributed by atoms with Gasteiger partial charge in [-0.2, -0.15) is 0 Å². The van der Waals surface area contributed by atoms with Crippen LogP contribution >= 0.6 is 8.15 Å². The molecule has 0 bridgehead atoms. The second-order valence-corrected chi connectivity index (χ2v) is 8.79. The van der Waals surface area contributed by atoms with Gasteiger partial charge in [0.15, 0.2) is 0 Å². The van der Waals surface area contributed by atoms with Gasteiger partial charge in [-0.05, 0) is 34.1 Å². The molecule has 3 heteroatoms. The van der Waals surface area contributed by atoms with Crippen molar-refractivity contribution in [2.24, 2.45) is 5.73 Å². The Morgan fingerprint density at radius 1 is 0.818 bits per heavy atom. The Morgan fingerprint density at radius 2 is 1.23 bits per heavy atom. The van der Waals surface area contributed by atoms with Crippen LogP contribution in [-0.4, -0.2) is 11.1 Å². The van der Waals surface area contributed by atoms with Gasteiger partial charge in [0.2, 0.25) is 0 Å². The molecule has 0 radical (unpaired) electrons. The van der Waals surface area contributed by atoms with E-state index in [1.54, 1.807) is 0 Å². The minimum atomic E-state index is -0.847. The van der Waals surface area contributed by atoms with Crippen molar-refractivity contribution >= 4 is 18.8 Å². The van der Waals surface area contributed by atoms with Crippen LogP contribution in [0.2, 0.25) is 0 Å². The van der Waals surface area contributed by atoms with Gasteiger partial charge in [0.25, 0.3) is 0 Å². The molecule has 0 aromatic heterocycles. The summed E-state index contributed by atoms with van der Waals surface area (Å²) in [6.45, 7) is 8.35. The molecule has 0 atom stereocenters. The normalized spacial score (nSPS) is 12.6. The van der Waals surface area contributed by atoms with Crippen LogP contribution in [0, 0.1) is 0 Å². The molecule has 0 aliphatic carbocycles. The molecule has 2 rings (SSSR count). The summed E-state index contributed by atoms with van der Waals surface area (Å²) in [5, 5.41) is 2.46. The Hall–Kier alpha value is -1.21. The summed E-state index contributed by atoms with van der Waals surface area (Å²) in [6, 6.07) is 20.9. The average molecular weight is 315 g/mol. The van der Waals surface area contributed by atoms with Crippen molar-refractivity contribution < 1.29 is 4.52 Å². The molecule has 2 N–H and O–H groups in total. The third-order valence-corrected chi connectivity index (χ3v) is 5.41. The van der Waals surface area contributed by atoms with Gasteiger partial charge in [0, 0.05) is 16.1 Å². The smallest absolute Gasteiger partial charge is 0.0925 e. The lowest BCUT2D eigenvalue weighted by Gasteiger charge is -2.35. The van der Waals surface area contributed by atoms with Gasteiger partial charge < -0.3 is 10.3 Å². The molecule has 0 spiro atoms. The highest BCUT2D eigenvalue weighted by molar-refractivity contribution is 7.68. The first-order chi connectivity index (χ1) is 10.3. The van der Waals surface area contributed by atoms with Gasteiger partial charge in [0.1, 0.15) is 0 Å². The molecule has 22 heavy (non-hydrogen) atoms. The summed E-state index contributed by atoms with van der Waals surface area (Å²) >= 11 is 0. The SMILES string of the molecule is CC(C)(N)CC(C)(C)OP(c1ccccc1)c1ccccc1. The zero-order valence-electron chi connectivity index (χ0n) is 13.9. The van der Waals surface area contributed by atoms with Crippen LogP contribution in [0.3, 0.4) is 0 Å². The van der Waals surface area contributed by atoms with E-state index >= 15 is 0 Å². The molecule has 118 valence electrons. The van der Waals surface area contributed by atoms with Crippen molar-refractivity contribution in [2.45, 2.75) is 45.3 Å². The molecule has 0 aliphatic rings. The van der Waals surface area contributed by atoms with E-state index in [9.17, 15) is 0 Å². The molecule has 2 aromatic rings.